The maximum absolute atomic E-state index is 11.6. The molecule has 1 heterocycles. The largest absolute Gasteiger partial charge is 0.353 e. The number of aromatic nitrogens is 1. The van der Waals surface area contributed by atoms with Crippen molar-refractivity contribution in [2.24, 2.45) is 0 Å². The summed E-state index contributed by atoms with van der Waals surface area (Å²) in [6.07, 6.45) is 8.03. The van der Waals surface area contributed by atoms with Gasteiger partial charge in [0.2, 0.25) is 5.91 Å². The van der Waals surface area contributed by atoms with Crippen LogP contribution in [0.2, 0.25) is 0 Å². The number of fused-ring (bicyclic) bond motifs is 1. The molecule has 1 aromatic carbocycles. The zero-order chi connectivity index (χ0) is 14.2. The first-order chi connectivity index (χ1) is 9.79. The third-order valence-corrected chi connectivity index (χ3v) is 4.02. The van der Waals surface area contributed by atoms with Crippen molar-refractivity contribution in [2.45, 2.75) is 32.6 Å². The average Bonchev–Trinajstić information content (AvgIpc) is 2.88. The minimum absolute atomic E-state index is 0.0410. The minimum atomic E-state index is -0.0410. The fraction of sp³-hybridized carbons (Fsp3) is 0.375. The lowest BCUT2D eigenvalue weighted by molar-refractivity contribution is -0.116. The first-order valence-electron chi connectivity index (χ1n) is 7.11. The number of hydrogen-bond acceptors (Lipinski definition) is 3. The maximum Gasteiger partial charge on any atom is 0.244 e. The van der Waals surface area contributed by atoms with Crippen LogP contribution >= 0.6 is 11.3 Å². The van der Waals surface area contributed by atoms with E-state index in [0.29, 0.717) is 0 Å². The van der Waals surface area contributed by atoms with E-state index in [4.69, 9.17) is 0 Å². The smallest absolute Gasteiger partial charge is 0.244 e. The molecular weight excluding hydrogens is 268 g/mol. The Balaban J connectivity index is 1.81. The summed E-state index contributed by atoms with van der Waals surface area (Å²) in [7, 11) is 0. The number of hydrogen-bond donors (Lipinski definition) is 1. The van der Waals surface area contributed by atoms with Crippen molar-refractivity contribution in [3.05, 3.63) is 35.3 Å². The highest BCUT2D eigenvalue weighted by Crippen LogP contribution is 2.22. The normalized spacial score (nSPS) is 11.2. The molecule has 3 nitrogen and oxygen atoms in total. The highest BCUT2D eigenvalue weighted by molar-refractivity contribution is 7.19. The Hall–Kier alpha value is -1.68. The zero-order valence-electron chi connectivity index (χ0n) is 11.8. The van der Waals surface area contributed by atoms with Crippen molar-refractivity contribution in [1.29, 1.82) is 0 Å². The van der Waals surface area contributed by atoms with Crippen molar-refractivity contribution < 1.29 is 4.79 Å². The molecule has 0 fully saturated rings. The van der Waals surface area contributed by atoms with Gasteiger partial charge in [-0.25, -0.2) is 4.98 Å². The molecule has 106 valence electrons. The molecule has 0 aliphatic carbocycles. The van der Waals surface area contributed by atoms with E-state index < -0.39 is 0 Å². The fourth-order valence-corrected chi connectivity index (χ4v) is 2.80. The molecule has 0 spiro atoms. The summed E-state index contributed by atoms with van der Waals surface area (Å²) in [5.74, 6) is -0.0410. The van der Waals surface area contributed by atoms with E-state index in [0.717, 1.165) is 28.2 Å². The first-order valence-corrected chi connectivity index (χ1v) is 7.92. The van der Waals surface area contributed by atoms with Gasteiger partial charge in [0.1, 0.15) is 5.01 Å². The second-order valence-electron chi connectivity index (χ2n) is 4.70. The summed E-state index contributed by atoms with van der Waals surface area (Å²) >= 11 is 1.60. The number of unbranched alkanes of at least 4 members (excludes halogenated alkanes) is 3. The van der Waals surface area contributed by atoms with Gasteiger partial charge in [0.25, 0.3) is 0 Å². The molecule has 2 rings (SSSR count). The number of nitrogens with one attached hydrogen (secondary N) is 1. The molecule has 0 unspecified atom stereocenters. The Morgan fingerprint density at radius 1 is 1.30 bits per heavy atom. The van der Waals surface area contributed by atoms with Gasteiger partial charge < -0.3 is 5.32 Å². The van der Waals surface area contributed by atoms with Crippen LogP contribution in [0, 0.1) is 0 Å². The number of nitrogens with zero attached hydrogens (tertiary/aromatic N) is 1. The van der Waals surface area contributed by atoms with Crippen LogP contribution < -0.4 is 5.32 Å². The van der Waals surface area contributed by atoms with Crippen LogP contribution in [-0.4, -0.2) is 17.4 Å². The van der Waals surface area contributed by atoms with Gasteiger partial charge in [-0.15, -0.1) is 11.3 Å². The summed E-state index contributed by atoms with van der Waals surface area (Å²) in [5.41, 5.74) is 0.983. The highest BCUT2D eigenvalue weighted by atomic mass is 32.1. The predicted octanol–water partition coefficient (Wildman–Crippen LogP) is 4.01. The molecule has 0 aliphatic heterocycles. The number of carbonyl (C=O) groups excluding carboxylic acids is 1. The molecule has 4 heteroatoms. The lowest BCUT2D eigenvalue weighted by atomic mass is 10.2. The van der Waals surface area contributed by atoms with E-state index in [9.17, 15) is 4.79 Å². The van der Waals surface area contributed by atoms with Crippen LogP contribution in [0.1, 0.15) is 37.6 Å². The van der Waals surface area contributed by atoms with Gasteiger partial charge in [-0.2, -0.15) is 0 Å². The summed E-state index contributed by atoms with van der Waals surface area (Å²) in [5, 5.41) is 3.76. The minimum Gasteiger partial charge on any atom is -0.353 e. The summed E-state index contributed by atoms with van der Waals surface area (Å²) in [4.78, 5) is 16.1. The van der Waals surface area contributed by atoms with Crippen LogP contribution in [0.25, 0.3) is 16.3 Å². The van der Waals surface area contributed by atoms with E-state index in [1.165, 1.54) is 19.3 Å². The van der Waals surface area contributed by atoms with Crippen LogP contribution in [0.5, 0.6) is 0 Å². The van der Waals surface area contributed by atoms with Gasteiger partial charge in [0, 0.05) is 12.6 Å². The zero-order valence-corrected chi connectivity index (χ0v) is 12.6. The number of thiazole rings is 1. The monoisotopic (exact) mass is 288 g/mol. The van der Waals surface area contributed by atoms with E-state index in [1.807, 2.05) is 24.3 Å². The predicted molar refractivity (Wildman–Crippen MR) is 85.8 cm³/mol. The molecule has 1 aromatic heterocycles. The molecule has 1 amide bonds. The molecule has 0 atom stereocenters. The van der Waals surface area contributed by atoms with Crippen molar-refractivity contribution in [2.75, 3.05) is 6.54 Å². The Morgan fingerprint density at radius 2 is 2.15 bits per heavy atom. The average molecular weight is 288 g/mol. The van der Waals surface area contributed by atoms with Crippen LogP contribution in [0.4, 0.5) is 0 Å². The third-order valence-electron chi connectivity index (χ3n) is 3.02. The van der Waals surface area contributed by atoms with Gasteiger partial charge >= 0.3 is 0 Å². The molecule has 2 aromatic rings. The van der Waals surface area contributed by atoms with E-state index in [1.54, 1.807) is 23.5 Å². The van der Waals surface area contributed by atoms with E-state index in [2.05, 4.69) is 17.2 Å². The molecule has 0 bridgehead atoms. The van der Waals surface area contributed by atoms with Crippen LogP contribution in [-0.2, 0) is 4.79 Å². The van der Waals surface area contributed by atoms with Gasteiger partial charge in [-0.1, -0.05) is 38.3 Å². The topological polar surface area (TPSA) is 42.0 Å². The molecule has 0 saturated carbocycles. The van der Waals surface area contributed by atoms with Crippen LogP contribution in [0.15, 0.2) is 30.3 Å². The molecule has 0 saturated heterocycles. The van der Waals surface area contributed by atoms with Crippen LogP contribution in [0.3, 0.4) is 0 Å². The number of benzene rings is 1. The summed E-state index contributed by atoms with van der Waals surface area (Å²) < 4.78 is 1.15. The van der Waals surface area contributed by atoms with E-state index >= 15 is 0 Å². The number of carbonyl (C=O) groups is 1. The first kappa shape index (κ1) is 14.7. The molecular formula is C16H20N2OS. The number of rotatable bonds is 7. The SMILES string of the molecule is CCCCCCNC(=O)/C=C/c1nc2ccccc2s1. The molecule has 1 N–H and O–H groups in total. The Bertz CT molecular complexity index is 556. The molecule has 20 heavy (non-hydrogen) atoms. The quantitative estimate of drug-likeness (QED) is 0.618. The third kappa shape index (κ3) is 4.46. The highest BCUT2D eigenvalue weighted by Gasteiger charge is 2.00. The van der Waals surface area contributed by atoms with Crippen molar-refractivity contribution in [3.63, 3.8) is 0 Å². The standard InChI is InChI=1S/C16H20N2OS/c1-2-3-4-7-12-17-15(19)10-11-16-18-13-8-5-6-9-14(13)20-16/h5-6,8-11H,2-4,7,12H2,1H3,(H,17,19)/b11-10+. The fourth-order valence-electron chi connectivity index (χ4n) is 1.93. The van der Waals surface area contributed by atoms with Gasteiger partial charge in [-0.05, 0) is 24.6 Å². The maximum atomic E-state index is 11.6. The van der Waals surface area contributed by atoms with Crippen molar-refractivity contribution in [3.8, 4) is 0 Å². The number of amides is 1. The second kappa shape index (κ2) is 7.80. The molecule has 0 radical (unpaired) electrons. The Morgan fingerprint density at radius 3 is 2.95 bits per heavy atom. The van der Waals surface area contributed by atoms with E-state index in [-0.39, 0.29) is 5.91 Å². The van der Waals surface area contributed by atoms with Crippen molar-refractivity contribution in [1.82, 2.24) is 10.3 Å². The lowest BCUT2D eigenvalue weighted by Crippen LogP contribution is -2.21. The van der Waals surface area contributed by atoms with Gasteiger partial charge in [0.05, 0.1) is 10.2 Å². The lowest BCUT2D eigenvalue weighted by Gasteiger charge is -2.00. The number of para-hydroxylation sites is 1. The Labute approximate surface area is 123 Å². The summed E-state index contributed by atoms with van der Waals surface area (Å²) in [6.45, 7) is 2.93. The summed E-state index contributed by atoms with van der Waals surface area (Å²) in [6, 6.07) is 7.99. The van der Waals surface area contributed by atoms with Gasteiger partial charge in [-0.3, -0.25) is 4.79 Å². The van der Waals surface area contributed by atoms with Gasteiger partial charge in [0.15, 0.2) is 0 Å². The second-order valence-corrected chi connectivity index (χ2v) is 5.77. The molecule has 0 aliphatic rings. The van der Waals surface area contributed by atoms with Crippen molar-refractivity contribution >= 4 is 33.5 Å². The Kier molecular flexibility index (Phi) is 5.74.